The highest BCUT2D eigenvalue weighted by Gasteiger charge is 2.40. The summed E-state index contributed by atoms with van der Waals surface area (Å²) in [6, 6.07) is 11.1. The minimum atomic E-state index is -4.66. The second kappa shape index (κ2) is 10.4. The number of fused-ring (bicyclic) bond motifs is 1. The molecule has 206 valence electrons. The van der Waals surface area contributed by atoms with Crippen LogP contribution >= 0.6 is 0 Å². The van der Waals surface area contributed by atoms with Crippen molar-refractivity contribution in [1.82, 2.24) is 15.3 Å². The van der Waals surface area contributed by atoms with Crippen LogP contribution in [0.1, 0.15) is 54.9 Å². The van der Waals surface area contributed by atoms with Gasteiger partial charge in [0.25, 0.3) is 0 Å². The summed E-state index contributed by atoms with van der Waals surface area (Å²) in [5.74, 6) is 0.391. The lowest BCUT2D eigenvalue weighted by molar-refractivity contribution is -0.137. The summed E-state index contributed by atoms with van der Waals surface area (Å²) in [5.41, 5.74) is 1.99. The molecule has 2 aliphatic rings. The smallest absolute Gasteiger partial charge is 0.421 e. The summed E-state index contributed by atoms with van der Waals surface area (Å²) in [6.07, 6.45) is -1.73. The third-order valence-electron chi connectivity index (χ3n) is 7.37. The van der Waals surface area contributed by atoms with Gasteiger partial charge < -0.3 is 26.0 Å². The zero-order chi connectivity index (χ0) is 27.8. The maximum atomic E-state index is 13.8. The highest BCUT2D eigenvalue weighted by molar-refractivity contribution is 6.06. The number of aromatic nitrogens is 2. The number of carbonyl (C=O) groups excluding carboxylic acids is 1. The molecule has 39 heavy (non-hydrogen) atoms. The molecule has 0 spiro atoms. The number of anilines is 4. The molecule has 11 heteroatoms. The first-order chi connectivity index (χ1) is 18.6. The van der Waals surface area contributed by atoms with Gasteiger partial charge in [0.2, 0.25) is 11.9 Å². The van der Waals surface area contributed by atoms with E-state index in [-0.39, 0.29) is 24.2 Å². The van der Waals surface area contributed by atoms with Crippen molar-refractivity contribution in [1.29, 1.82) is 0 Å². The fraction of sp³-hybridized carbons (Fsp3) is 0.393. The van der Waals surface area contributed by atoms with Crippen LogP contribution in [0.3, 0.4) is 0 Å². The Labute approximate surface area is 224 Å². The van der Waals surface area contributed by atoms with E-state index >= 15 is 0 Å². The normalized spacial score (nSPS) is 18.3. The fourth-order valence-corrected chi connectivity index (χ4v) is 5.27. The number of piperidine rings is 1. The number of alkyl halides is 3. The van der Waals surface area contributed by atoms with Crippen molar-refractivity contribution in [3.05, 3.63) is 64.8 Å². The Morgan fingerprint density at radius 1 is 1.21 bits per heavy atom. The first kappa shape index (κ1) is 26.7. The molecule has 1 atom stereocenters. The first-order valence-electron chi connectivity index (χ1n) is 12.9. The van der Waals surface area contributed by atoms with E-state index in [2.05, 4.69) is 31.2 Å². The number of hydrogen-bond donors (Lipinski definition) is 4. The molecule has 5 rings (SSSR count). The van der Waals surface area contributed by atoms with Crippen molar-refractivity contribution in [2.45, 2.75) is 50.7 Å². The average molecular weight is 541 g/mol. The third-order valence-corrected chi connectivity index (χ3v) is 7.37. The second-order valence-corrected chi connectivity index (χ2v) is 10.4. The van der Waals surface area contributed by atoms with E-state index in [1.54, 1.807) is 39.2 Å². The summed E-state index contributed by atoms with van der Waals surface area (Å²) in [5, 5.41) is 12.1. The van der Waals surface area contributed by atoms with E-state index in [1.165, 1.54) is 0 Å². The zero-order valence-electron chi connectivity index (χ0n) is 22.0. The maximum absolute atomic E-state index is 13.8. The van der Waals surface area contributed by atoms with Gasteiger partial charge in [0.05, 0.1) is 18.2 Å². The molecule has 1 aromatic heterocycles. The van der Waals surface area contributed by atoms with Crippen LogP contribution in [0.4, 0.5) is 36.3 Å². The zero-order valence-corrected chi connectivity index (χ0v) is 22.0. The Kier molecular flexibility index (Phi) is 7.11. The molecule has 2 aliphatic heterocycles. The number of carbonyl (C=O) groups is 1. The molecule has 0 aliphatic carbocycles. The predicted molar refractivity (Wildman–Crippen MR) is 144 cm³/mol. The molecule has 2 aromatic carbocycles. The summed E-state index contributed by atoms with van der Waals surface area (Å²) >= 11 is 0. The van der Waals surface area contributed by atoms with Crippen molar-refractivity contribution >= 4 is 29.0 Å². The summed E-state index contributed by atoms with van der Waals surface area (Å²) in [6.45, 7) is 5.51. The minimum Gasteiger partial charge on any atom is -0.495 e. The number of amides is 1. The summed E-state index contributed by atoms with van der Waals surface area (Å²) in [4.78, 5) is 20.5. The van der Waals surface area contributed by atoms with E-state index in [9.17, 15) is 18.0 Å². The second-order valence-electron chi connectivity index (χ2n) is 10.4. The highest BCUT2D eigenvalue weighted by atomic mass is 19.4. The van der Waals surface area contributed by atoms with Crippen LogP contribution < -0.4 is 26.0 Å². The van der Waals surface area contributed by atoms with E-state index in [4.69, 9.17) is 4.74 Å². The number of methoxy groups -OCH3 is 1. The number of nitrogens with one attached hydrogen (secondary N) is 4. The quantitative estimate of drug-likeness (QED) is 0.312. The summed E-state index contributed by atoms with van der Waals surface area (Å²) in [7, 11) is 1.55. The molecular weight excluding hydrogens is 509 g/mol. The molecule has 0 saturated carbocycles. The molecule has 4 N–H and O–H groups in total. The SMILES string of the molecule is COc1cc(C2CCCNC2)ccc1Nc1ncc(C(F)(F)F)c(NCc2cccc3c2C(C)(C)C(=O)N3)n1. The molecule has 0 radical (unpaired) electrons. The lowest BCUT2D eigenvalue weighted by Crippen LogP contribution is -2.28. The molecule has 8 nitrogen and oxygen atoms in total. The Morgan fingerprint density at radius 2 is 2.03 bits per heavy atom. The Balaban J connectivity index is 1.41. The summed E-state index contributed by atoms with van der Waals surface area (Å²) < 4.78 is 47.1. The lowest BCUT2D eigenvalue weighted by Gasteiger charge is -2.24. The molecule has 0 bridgehead atoms. The van der Waals surface area contributed by atoms with Gasteiger partial charge in [0.1, 0.15) is 17.1 Å². The maximum Gasteiger partial charge on any atom is 0.421 e. The van der Waals surface area contributed by atoms with Gasteiger partial charge in [-0.25, -0.2) is 4.98 Å². The van der Waals surface area contributed by atoms with Gasteiger partial charge in [-0.3, -0.25) is 4.79 Å². The van der Waals surface area contributed by atoms with Crippen LogP contribution in [0, 0.1) is 0 Å². The van der Waals surface area contributed by atoms with Gasteiger partial charge in [-0.05, 0) is 74.0 Å². The molecule has 3 aromatic rings. The van der Waals surface area contributed by atoms with Crippen LogP contribution in [-0.4, -0.2) is 36.1 Å². The van der Waals surface area contributed by atoms with Crippen molar-refractivity contribution in [2.75, 3.05) is 36.1 Å². The number of halogens is 3. The van der Waals surface area contributed by atoms with E-state index in [1.807, 2.05) is 18.2 Å². The van der Waals surface area contributed by atoms with Crippen LogP contribution in [-0.2, 0) is 22.9 Å². The van der Waals surface area contributed by atoms with Gasteiger partial charge in [-0.15, -0.1) is 0 Å². The number of benzene rings is 2. The van der Waals surface area contributed by atoms with Crippen molar-refractivity contribution in [2.24, 2.45) is 0 Å². The number of rotatable bonds is 7. The van der Waals surface area contributed by atoms with Gasteiger partial charge in [-0.1, -0.05) is 18.2 Å². The molecule has 3 heterocycles. The van der Waals surface area contributed by atoms with E-state index in [0.717, 1.165) is 43.3 Å². The Morgan fingerprint density at radius 3 is 2.74 bits per heavy atom. The predicted octanol–water partition coefficient (Wildman–Crippen LogP) is 5.56. The minimum absolute atomic E-state index is 0.00801. The topological polar surface area (TPSA) is 100 Å². The van der Waals surface area contributed by atoms with Crippen LogP contribution in [0.15, 0.2) is 42.6 Å². The van der Waals surface area contributed by atoms with Crippen molar-refractivity contribution in [3.8, 4) is 5.75 Å². The largest absolute Gasteiger partial charge is 0.495 e. The molecule has 1 unspecified atom stereocenters. The molecular formula is C28H31F3N6O2. The van der Waals surface area contributed by atoms with Gasteiger partial charge in [-0.2, -0.15) is 18.2 Å². The lowest BCUT2D eigenvalue weighted by atomic mass is 9.83. The Bertz CT molecular complexity index is 1390. The highest BCUT2D eigenvalue weighted by Crippen LogP contribution is 2.41. The molecule has 1 fully saturated rings. The fourth-order valence-electron chi connectivity index (χ4n) is 5.27. The van der Waals surface area contributed by atoms with Gasteiger partial charge in [0, 0.05) is 25.0 Å². The van der Waals surface area contributed by atoms with Crippen LogP contribution in [0.2, 0.25) is 0 Å². The first-order valence-corrected chi connectivity index (χ1v) is 12.9. The monoisotopic (exact) mass is 540 g/mol. The van der Waals surface area contributed by atoms with Crippen LogP contribution in [0.5, 0.6) is 5.75 Å². The van der Waals surface area contributed by atoms with E-state index in [0.29, 0.717) is 28.6 Å². The van der Waals surface area contributed by atoms with Gasteiger partial charge >= 0.3 is 6.18 Å². The molecule has 1 amide bonds. The average Bonchev–Trinajstić information content (AvgIpc) is 3.15. The molecule has 1 saturated heterocycles. The standard InChI is InChI=1S/C28H31F3N6O2/c1-27(2)23-18(6-4-8-21(23)35-25(27)38)14-33-24-19(28(29,30)31)15-34-26(37-24)36-20-10-9-16(12-22(20)39-3)17-7-5-11-32-13-17/h4,6,8-10,12,15,17,32H,5,7,11,13-14H2,1-3H3,(H,35,38)(H2,33,34,36,37). The van der Waals surface area contributed by atoms with E-state index < -0.39 is 17.2 Å². The Hall–Kier alpha value is -3.86. The van der Waals surface area contributed by atoms with Gasteiger partial charge in [0.15, 0.2) is 0 Å². The number of hydrogen-bond acceptors (Lipinski definition) is 7. The number of nitrogens with zero attached hydrogens (tertiary/aromatic N) is 2. The number of ether oxygens (including phenoxy) is 1. The van der Waals surface area contributed by atoms with Crippen molar-refractivity contribution in [3.63, 3.8) is 0 Å². The van der Waals surface area contributed by atoms with Crippen LogP contribution in [0.25, 0.3) is 0 Å². The third kappa shape index (κ3) is 5.36. The van der Waals surface area contributed by atoms with Crippen molar-refractivity contribution < 1.29 is 22.7 Å².